The van der Waals surface area contributed by atoms with Crippen LogP contribution < -0.4 is 0 Å². The highest BCUT2D eigenvalue weighted by Crippen LogP contribution is 2.42. The molecule has 3 aromatic heterocycles. The standard InChI is InChI=1S/C60H36N4/c1-3-12-41(13-4-1)59-46-19-8-7-18-45(46)48-36-56-50(35-52(48)61-59)49-34-43(30-33-54(49)63(56)44-16-5-2-6-17-44)37-22-26-42(27-23-37)60-62-51-20-9-10-21-55(51)64(60)53-32-29-40-25-24-38-14-11-15-39-28-31-47(53)58(40)57(38)39/h1-36H. The summed E-state index contributed by atoms with van der Waals surface area (Å²) in [6, 6.07) is 79.1. The van der Waals surface area contributed by atoms with Gasteiger partial charge in [0.15, 0.2) is 0 Å². The van der Waals surface area contributed by atoms with Crippen LogP contribution in [0.4, 0.5) is 0 Å². The summed E-state index contributed by atoms with van der Waals surface area (Å²) in [5.74, 6) is 0.922. The zero-order chi connectivity index (χ0) is 41.9. The van der Waals surface area contributed by atoms with E-state index in [-0.39, 0.29) is 0 Å². The SMILES string of the molecule is c1ccc(-c2nc3cc4c5cc(-c6ccc(-c7nc8ccccc8n7-c7ccc8ccc9cccc%10ccc7c8c9%10)cc6)ccc5n(-c5ccccc5)c4cc3c3ccccc23)cc1. The predicted octanol–water partition coefficient (Wildman–Crippen LogP) is 15.7. The van der Waals surface area contributed by atoms with E-state index in [0.29, 0.717) is 0 Å². The molecule has 296 valence electrons. The molecule has 0 aliphatic carbocycles. The van der Waals surface area contributed by atoms with E-state index in [1.54, 1.807) is 0 Å². The maximum Gasteiger partial charge on any atom is 0.145 e. The van der Waals surface area contributed by atoms with Gasteiger partial charge in [0.25, 0.3) is 0 Å². The molecule has 0 bridgehead atoms. The molecular weight excluding hydrogens is 777 g/mol. The molecular formula is C60H36N4. The van der Waals surface area contributed by atoms with Crippen LogP contribution in [0.25, 0.3) is 132 Å². The normalized spacial score (nSPS) is 12.1. The van der Waals surface area contributed by atoms with Gasteiger partial charge in [-0.3, -0.25) is 4.57 Å². The van der Waals surface area contributed by atoms with Gasteiger partial charge in [-0.15, -0.1) is 0 Å². The van der Waals surface area contributed by atoms with Crippen molar-refractivity contribution in [2.45, 2.75) is 0 Å². The number of aromatic nitrogens is 4. The summed E-state index contributed by atoms with van der Waals surface area (Å²) in [7, 11) is 0. The van der Waals surface area contributed by atoms with E-state index in [0.717, 1.165) is 83.5 Å². The van der Waals surface area contributed by atoms with Gasteiger partial charge in [-0.2, -0.15) is 0 Å². The third-order valence-electron chi connectivity index (χ3n) is 13.4. The Kier molecular flexibility index (Phi) is 7.36. The molecule has 0 saturated heterocycles. The molecule has 0 radical (unpaired) electrons. The fraction of sp³-hybridized carbons (Fsp3) is 0. The van der Waals surface area contributed by atoms with Crippen LogP contribution in [0.15, 0.2) is 218 Å². The lowest BCUT2D eigenvalue weighted by molar-refractivity contribution is 1.12. The Labute approximate surface area is 367 Å². The highest BCUT2D eigenvalue weighted by molar-refractivity contribution is 6.25. The molecule has 0 saturated carbocycles. The first-order chi connectivity index (χ1) is 31.7. The second-order valence-corrected chi connectivity index (χ2v) is 16.9. The van der Waals surface area contributed by atoms with Crippen molar-refractivity contribution >= 4 is 86.8 Å². The second kappa shape index (κ2) is 13.4. The molecule has 14 rings (SSSR count). The van der Waals surface area contributed by atoms with E-state index in [2.05, 4.69) is 228 Å². The van der Waals surface area contributed by atoms with Crippen molar-refractivity contribution in [3.05, 3.63) is 218 Å². The van der Waals surface area contributed by atoms with Crippen molar-refractivity contribution in [3.63, 3.8) is 0 Å². The van der Waals surface area contributed by atoms with Gasteiger partial charge < -0.3 is 4.57 Å². The maximum absolute atomic E-state index is 5.40. The minimum Gasteiger partial charge on any atom is -0.309 e. The van der Waals surface area contributed by atoms with Crippen LogP contribution in [0.1, 0.15) is 0 Å². The summed E-state index contributed by atoms with van der Waals surface area (Å²) in [4.78, 5) is 10.7. The number of fused-ring (bicyclic) bond motifs is 7. The molecule has 14 aromatic rings. The number of para-hydroxylation sites is 3. The lowest BCUT2D eigenvalue weighted by Crippen LogP contribution is -1.99. The van der Waals surface area contributed by atoms with Crippen molar-refractivity contribution in [2.75, 3.05) is 0 Å². The van der Waals surface area contributed by atoms with Crippen LogP contribution in [-0.2, 0) is 0 Å². The third kappa shape index (κ3) is 5.11. The van der Waals surface area contributed by atoms with Crippen LogP contribution >= 0.6 is 0 Å². The van der Waals surface area contributed by atoms with Gasteiger partial charge >= 0.3 is 0 Å². The van der Waals surface area contributed by atoms with Gasteiger partial charge in [-0.25, -0.2) is 9.97 Å². The average Bonchev–Trinajstić information content (AvgIpc) is 3.91. The molecule has 0 unspecified atom stereocenters. The van der Waals surface area contributed by atoms with Crippen LogP contribution in [-0.4, -0.2) is 19.1 Å². The van der Waals surface area contributed by atoms with Gasteiger partial charge in [0, 0.05) is 43.7 Å². The number of nitrogens with zero attached hydrogens (tertiary/aromatic N) is 4. The van der Waals surface area contributed by atoms with Crippen molar-refractivity contribution < 1.29 is 0 Å². The lowest BCUT2D eigenvalue weighted by atomic mass is 9.93. The van der Waals surface area contributed by atoms with Crippen molar-refractivity contribution in [3.8, 4) is 45.1 Å². The molecule has 11 aromatic carbocycles. The van der Waals surface area contributed by atoms with E-state index in [4.69, 9.17) is 9.97 Å². The topological polar surface area (TPSA) is 35.6 Å². The van der Waals surface area contributed by atoms with Crippen LogP contribution in [0.3, 0.4) is 0 Å². The van der Waals surface area contributed by atoms with Gasteiger partial charge in [0.2, 0.25) is 0 Å². The zero-order valence-corrected chi connectivity index (χ0v) is 34.6. The van der Waals surface area contributed by atoms with Gasteiger partial charge in [0.1, 0.15) is 5.82 Å². The van der Waals surface area contributed by atoms with Gasteiger partial charge in [-0.05, 0) is 98.0 Å². The highest BCUT2D eigenvalue weighted by atomic mass is 15.1. The zero-order valence-electron chi connectivity index (χ0n) is 34.6. The molecule has 4 heteroatoms. The number of pyridine rings is 1. The second-order valence-electron chi connectivity index (χ2n) is 16.9. The Bertz CT molecular complexity index is 4150. The van der Waals surface area contributed by atoms with E-state index < -0.39 is 0 Å². The minimum atomic E-state index is 0.922. The summed E-state index contributed by atoms with van der Waals surface area (Å²) in [6.07, 6.45) is 0. The largest absolute Gasteiger partial charge is 0.309 e. The molecule has 4 nitrogen and oxygen atoms in total. The van der Waals surface area contributed by atoms with Crippen molar-refractivity contribution in [2.24, 2.45) is 0 Å². The fourth-order valence-corrected chi connectivity index (χ4v) is 10.5. The van der Waals surface area contributed by atoms with E-state index in [1.165, 1.54) is 48.5 Å². The quantitative estimate of drug-likeness (QED) is 0.162. The first-order valence-electron chi connectivity index (χ1n) is 21.9. The Balaban J connectivity index is 0.939. The number of hydrogen-bond acceptors (Lipinski definition) is 2. The molecule has 0 fully saturated rings. The Morgan fingerprint density at radius 2 is 0.953 bits per heavy atom. The third-order valence-corrected chi connectivity index (χ3v) is 13.4. The van der Waals surface area contributed by atoms with Gasteiger partial charge in [-0.1, -0.05) is 164 Å². The number of rotatable bonds is 5. The van der Waals surface area contributed by atoms with Gasteiger partial charge in [0.05, 0.1) is 39.0 Å². The molecule has 0 amide bonds. The number of benzene rings is 11. The lowest BCUT2D eigenvalue weighted by Gasteiger charge is -2.17. The molecule has 0 N–H and O–H groups in total. The maximum atomic E-state index is 5.40. The van der Waals surface area contributed by atoms with Crippen LogP contribution in [0, 0.1) is 0 Å². The smallest absolute Gasteiger partial charge is 0.145 e. The molecule has 0 aliphatic heterocycles. The summed E-state index contributed by atoms with van der Waals surface area (Å²) >= 11 is 0. The monoisotopic (exact) mass is 812 g/mol. The average molecular weight is 813 g/mol. The summed E-state index contributed by atoms with van der Waals surface area (Å²) < 4.78 is 4.76. The number of hydrogen-bond donors (Lipinski definition) is 0. The Morgan fingerprint density at radius 1 is 0.297 bits per heavy atom. The van der Waals surface area contributed by atoms with E-state index >= 15 is 0 Å². The van der Waals surface area contributed by atoms with E-state index in [1.807, 2.05) is 0 Å². The van der Waals surface area contributed by atoms with Crippen molar-refractivity contribution in [1.82, 2.24) is 19.1 Å². The molecule has 0 atom stereocenters. The first kappa shape index (κ1) is 35.0. The van der Waals surface area contributed by atoms with Crippen LogP contribution in [0.5, 0.6) is 0 Å². The first-order valence-corrected chi connectivity index (χ1v) is 21.9. The minimum absolute atomic E-state index is 0.922. The molecule has 64 heavy (non-hydrogen) atoms. The Morgan fingerprint density at radius 3 is 1.78 bits per heavy atom. The van der Waals surface area contributed by atoms with E-state index in [9.17, 15) is 0 Å². The Hall–Kier alpha value is -8.60. The van der Waals surface area contributed by atoms with Crippen LogP contribution in [0.2, 0.25) is 0 Å². The number of imidazole rings is 1. The van der Waals surface area contributed by atoms with Crippen molar-refractivity contribution in [1.29, 1.82) is 0 Å². The predicted molar refractivity (Wildman–Crippen MR) is 268 cm³/mol. The molecule has 0 aliphatic rings. The summed E-state index contributed by atoms with van der Waals surface area (Å²) in [5.41, 5.74) is 13.1. The summed E-state index contributed by atoms with van der Waals surface area (Å²) in [5, 5.41) is 13.5. The highest BCUT2D eigenvalue weighted by Gasteiger charge is 2.21. The molecule has 0 spiro atoms. The summed E-state index contributed by atoms with van der Waals surface area (Å²) in [6.45, 7) is 0. The molecule has 3 heterocycles. The fourth-order valence-electron chi connectivity index (χ4n) is 10.5.